The van der Waals surface area contributed by atoms with Crippen LogP contribution < -0.4 is 0 Å². The zero-order valence-corrected chi connectivity index (χ0v) is 12.1. The number of piperidine rings is 1. The summed E-state index contributed by atoms with van der Waals surface area (Å²) in [5.41, 5.74) is 2.16. The number of pyridine rings is 1. The predicted octanol–water partition coefficient (Wildman–Crippen LogP) is 2.65. The van der Waals surface area contributed by atoms with Gasteiger partial charge in [-0.25, -0.2) is 9.97 Å². The van der Waals surface area contributed by atoms with Crippen molar-refractivity contribution < 1.29 is 0 Å². The fraction of sp³-hybridized carbons (Fsp3) is 0.625. The number of nitrogens with zero attached hydrogens (tertiary/aromatic N) is 4. The molecule has 2 aliphatic rings. The molecule has 0 spiro atoms. The van der Waals surface area contributed by atoms with Crippen LogP contribution in [0.25, 0.3) is 11.2 Å². The lowest BCUT2D eigenvalue weighted by atomic mass is 9.95. The number of aromatic nitrogens is 3. The van der Waals surface area contributed by atoms with E-state index >= 15 is 0 Å². The number of hydrogen-bond acceptors (Lipinski definition) is 3. The zero-order valence-electron chi connectivity index (χ0n) is 12.1. The predicted molar refractivity (Wildman–Crippen MR) is 79.7 cm³/mol. The normalized spacial score (nSPS) is 24.4. The van der Waals surface area contributed by atoms with Crippen molar-refractivity contribution in [3.8, 4) is 0 Å². The van der Waals surface area contributed by atoms with Gasteiger partial charge in [0.1, 0.15) is 11.3 Å². The fourth-order valence-corrected chi connectivity index (χ4v) is 3.53. The van der Waals surface area contributed by atoms with E-state index in [0.717, 1.165) is 23.5 Å². The van der Waals surface area contributed by atoms with E-state index in [0.29, 0.717) is 6.04 Å². The lowest BCUT2D eigenvalue weighted by Gasteiger charge is -2.29. The van der Waals surface area contributed by atoms with Crippen LogP contribution in [-0.2, 0) is 6.42 Å². The molecule has 4 heteroatoms. The summed E-state index contributed by atoms with van der Waals surface area (Å²) in [5.74, 6) is 2.02. The van der Waals surface area contributed by atoms with Gasteiger partial charge in [-0.2, -0.15) is 0 Å². The molecule has 0 radical (unpaired) electrons. The van der Waals surface area contributed by atoms with Crippen LogP contribution in [0.4, 0.5) is 0 Å². The minimum absolute atomic E-state index is 0.659. The number of rotatable bonds is 3. The Kier molecular flexibility index (Phi) is 2.99. The molecule has 0 amide bonds. The van der Waals surface area contributed by atoms with Crippen molar-refractivity contribution in [1.82, 2.24) is 19.4 Å². The molecule has 0 aromatic carbocycles. The molecule has 1 unspecified atom stereocenters. The Morgan fingerprint density at radius 2 is 2.20 bits per heavy atom. The monoisotopic (exact) mass is 270 g/mol. The fourth-order valence-electron chi connectivity index (χ4n) is 3.53. The van der Waals surface area contributed by atoms with Crippen molar-refractivity contribution in [3.63, 3.8) is 0 Å². The highest BCUT2D eigenvalue weighted by Crippen LogP contribution is 2.38. The molecule has 1 saturated carbocycles. The second kappa shape index (κ2) is 4.85. The molecule has 1 aliphatic heterocycles. The van der Waals surface area contributed by atoms with E-state index in [-0.39, 0.29) is 0 Å². The molecule has 2 fully saturated rings. The Bertz CT molecular complexity index is 614. The SMILES string of the molecule is CN1CCCC(Cc2nc3cccnc3n2C2CC2)C1. The van der Waals surface area contributed by atoms with Crippen LogP contribution in [0.5, 0.6) is 0 Å². The van der Waals surface area contributed by atoms with E-state index in [1.165, 1.54) is 44.6 Å². The summed E-state index contributed by atoms with van der Waals surface area (Å²) in [7, 11) is 2.23. The number of fused-ring (bicyclic) bond motifs is 1. The Labute approximate surface area is 119 Å². The standard InChI is InChI=1S/C16H22N4/c1-19-9-3-4-12(11-19)10-15-18-14-5-2-8-17-16(14)20(15)13-6-7-13/h2,5,8,12-13H,3-4,6-7,9-11H2,1H3. The maximum Gasteiger partial charge on any atom is 0.160 e. The van der Waals surface area contributed by atoms with E-state index in [1.54, 1.807) is 0 Å². The Hall–Kier alpha value is -1.42. The van der Waals surface area contributed by atoms with Crippen molar-refractivity contribution >= 4 is 11.2 Å². The van der Waals surface area contributed by atoms with Crippen LogP contribution in [0.1, 0.15) is 37.5 Å². The third kappa shape index (κ3) is 2.22. The van der Waals surface area contributed by atoms with Crippen LogP contribution in [-0.4, -0.2) is 39.6 Å². The van der Waals surface area contributed by atoms with E-state index in [4.69, 9.17) is 4.98 Å². The third-order valence-corrected chi connectivity index (χ3v) is 4.63. The molecule has 2 aromatic heterocycles. The molecule has 3 heterocycles. The van der Waals surface area contributed by atoms with Crippen LogP contribution in [0, 0.1) is 5.92 Å². The highest BCUT2D eigenvalue weighted by atomic mass is 15.2. The van der Waals surface area contributed by atoms with Gasteiger partial charge in [0.25, 0.3) is 0 Å². The lowest BCUT2D eigenvalue weighted by Crippen LogP contribution is -2.33. The molecular weight excluding hydrogens is 248 g/mol. The van der Waals surface area contributed by atoms with Crippen LogP contribution >= 0.6 is 0 Å². The van der Waals surface area contributed by atoms with E-state index in [9.17, 15) is 0 Å². The van der Waals surface area contributed by atoms with Crippen molar-refractivity contribution in [2.45, 2.75) is 38.1 Å². The number of hydrogen-bond donors (Lipinski definition) is 0. The minimum Gasteiger partial charge on any atom is -0.310 e. The maximum atomic E-state index is 4.88. The topological polar surface area (TPSA) is 34.0 Å². The van der Waals surface area contributed by atoms with Gasteiger partial charge in [-0.15, -0.1) is 0 Å². The molecule has 4 rings (SSSR count). The van der Waals surface area contributed by atoms with Gasteiger partial charge < -0.3 is 9.47 Å². The largest absolute Gasteiger partial charge is 0.310 e. The van der Waals surface area contributed by atoms with Gasteiger partial charge in [0.05, 0.1) is 0 Å². The Balaban J connectivity index is 1.66. The summed E-state index contributed by atoms with van der Waals surface area (Å²) < 4.78 is 2.42. The van der Waals surface area contributed by atoms with Gasteiger partial charge in [-0.3, -0.25) is 0 Å². The highest BCUT2D eigenvalue weighted by Gasteiger charge is 2.30. The Morgan fingerprint density at radius 1 is 1.30 bits per heavy atom. The zero-order chi connectivity index (χ0) is 13.5. The third-order valence-electron chi connectivity index (χ3n) is 4.63. The quantitative estimate of drug-likeness (QED) is 0.860. The Morgan fingerprint density at radius 3 is 3.00 bits per heavy atom. The summed E-state index contributed by atoms with van der Waals surface area (Å²) in [5, 5.41) is 0. The van der Waals surface area contributed by atoms with Gasteiger partial charge in [0, 0.05) is 25.2 Å². The summed E-state index contributed by atoms with van der Waals surface area (Å²) in [6, 6.07) is 4.74. The molecule has 4 nitrogen and oxygen atoms in total. The van der Waals surface area contributed by atoms with Crippen molar-refractivity contribution in [3.05, 3.63) is 24.2 Å². The number of likely N-dealkylation sites (tertiary alicyclic amines) is 1. The molecule has 1 saturated heterocycles. The van der Waals surface area contributed by atoms with Crippen LogP contribution in [0.2, 0.25) is 0 Å². The number of imidazole rings is 1. The molecule has 2 aromatic rings. The van der Waals surface area contributed by atoms with Gasteiger partial charge in [-0.05, 0) is 57.3 Å². The van der Waals surface area contributed by atoms with Gasteiger partial charge in [-0.1, -0.05) is 0 Å². The van der Waals surface area contributed by atoms with Crippen molar-refractivity contribution in [2.75, 3.05) is 20.1 Å². The lowest BCUT2D eigenvalue weighted by molar-refractivity contribution is 0.206. The summed E-state index contributed by atoms with van der Waals surface area (Å²) >= 11 is 0. The van der Waals surface area contributed by atoms with E-state index in [2.05, 4.69) is 27.6 Å². The first-order valence-electron chi connectivity index (χ1n) is 7.81. The second-order valence-corrected chi connectivity index (χ2v) is 6.45. The second-order valence-electron chi connectivity index (χ2n) is 6.45. The average Bonchev–Trinajstić information content (AvgIpc) is 3.20. The summed E-state index contributed by atoms with van der Waals surface area (Å²) in [6.07, 6.45) is 8.24. The molecule has 0 bridgehead atoms. The highest BCUT2D eigenvalue weighted by molar-refractivity contribution is 5.71. The molecule has 0 N–H and O–H groups in total. The first-order valence-corrected chi connectivity index (χ1v) is 7.81. The van der Waals surface area contributed by atoms with Gasteiger partial charge in [0.2, 0.25) is 0 Å². The average molecular weight is 270 g/mol. The summed E-state index contributed by atoms with van der Waals surface area (Å²) in [4.78, 5) is 11.9. The molecule has 106 valence electrons. The van der Waals surface area contributed by atoms with Gasteiger partial charge >= 0.3 is 0 Å². The van der Waals surface area contributed by atoms with Crippen LogP contribution in [0.3, 0.4) is 0 Å². The van der Waals surface area contributed by atoms with E-state index < -0.39 is 0 Å². The summed E-state index contributed by atoms with van der Waals surface area (Å²) in [6.45, 7) is 2.46. The molecule has 1 aliphatic carbocycles. The van der Waals surface area contributed by atoms with Gasteiger partial charge in [0.15, 0.2) is 5.65 Å². The van der Waals surface area contributed by atoms with E-state index in [1.807, 2.05) is 12.3 Å². The smallest absolute Gasteiger partial charge is 0.160 e. The van der Waals surface area contributed by atoms with Crippen molar-refractivity contribution in [1.29, 1.82) is 0 Å². The van der Waals surface area contributed by atoms with Crippen LogP contribution in [0.15, 0.2) is 18.3 Å². The minimum atomic E-state index is 0.659. The molecule has 1 atom stereocenters. The molecular formula is C16H22N4. The first-order chi connectivity index (χ1) is 9.81. The maximum absolute atomic E-state index is 4.88. The first kappa shape index (κ1) is 12.3. The molecule has 20 heavy (non-hydrogen) atoms. The van der Waals surface area contributed by atoms with Crippen molar-refractivity contribution in [2.24, 2.45) is 5.92 Å².